The van der Waals surface area contributed by atoms with Crippen LogP contribution in [-0.2, 0) is 17.3 Å². The summed E-state index contributed by atoms with van der Waals surface area (Å²) in [5.74, 6) is 0.570. The Labute approximate surface area is 184 Å². The number of amides is 1. The third-order valence-corrected chi connectivity index (χ3v) is 5.35. The van der Waals surface area contributed by atoms with Gasteiger partial charge in [-0.3, -0.25) is 0 Å². The first-order valence-corrected chi connectivity index (χ1v) is 10.5. The van der Waals surface area contributed by atoms with Crippen LogP contribution >= 0.6 is 11.6 Å². The summed E-state index contributed by atoms with van der Waals surface area (Å²) in [5, 5.41) is -0.592. The van der Waals surface area contributed by atoms with Crippen molar-refractivity contribution in [2.75, 3.05) is 13.1 Å². The van der Waals surface area contributed by atoms with Crippen molar-refractivity contribution in [1.82, 2.24) is 14.9 Å². The summed E-state index contributed by atoms with van der Waals surface area (Å²) >= 11 is 5.67. The fourth-order valence-electron chi connectivity index (χ4n) is 3.48. The minimum absolute atomic E-state index is 0.233. The van der Waals surface area contributed by atoms with Gasteiger partial charge in [0.05, 0.1) is 0 Å². The van der Waals surface area contributed by atoms with E-state index in [0.717, 1.165) is 24.6 Å². The molecule has 3 rings (SSSR count). The lowest BCUT2D eigenvalue weighted by atomic mass is 9.89. The summed E-state index contributed by atoms with van der Waals surface area (Å²) in [6, 6.07) is 7.86. The number of hydrogen-bond acceptors (Lipinski definition) is 4. The number of nitrogens with zero attached hydrogens (tertiary/aromatic N) is 3. The molecule has 5 nitrogen and oxygen atoms in total. The first kappa shape index (κ1) is 23.3. The molecular formula is C22H25ClF3N3O2. The van der Waals surface area contributed by atoms with Gasteiger partial charge in [-0.2, -0.15) is 13.2 Å². The summed E-state index contributed by atoms with van der Waals surface area (Å²) in [5.41, 5.74) is 0.501. The third kappa shape index (κ3) is 6.32. The molecule has 31 heavy (non-hydrogen) atoms. The van der Waals surface area contributed by atoms with E-state index in [2.05, 4.69) is 9.97 Å². The lowest BCUT2D eigenvalue weighted by Crippen LogP contribution is -2.41. The Hall–Kier alpha value is -2.35. The van der Waals surface area contributed by atoms with Gasteiger partial charge in [0.2, 0.25) is 0 Å². The zero-order valence-corrected chi connectivity index (χ0v) is 18.4. The molecule has 1 amide bonds. The highest BCUT2D eigenvalue weighted by molar-refractivity contribution is 6.30. The number of likely N-dealkylation sites (tertiary alicyclic amines) is 1. The lowest BCUT2D eigenvalue weighted by molar-refractivity contribution is -0.138. The van der Waals surface area contributed by atoms with Crippen LogP contribution in [-0.4, -0.2) is 39.7 Å². The van der Waals surface area contributed by atoms with E-state index in [4.69, 9.17) is 16.3 Å². The van der Waals surface area contributed by atoms with Crippen LogP contribution < -0.4 is 0 Å². The van der Waals surface area contributed by atoms with Crippen LogP contribution in [0, 0.1) is 0 Å². The molecule has 0 atom stereocenters. The van der Waals surface area contributed by atoms with Crippen molar-refractivity contribution in [3.8, 4) is 0 Å². The fraction of sp³-hybridized carbons (Fsp3) is 0.500. The van der Waals surface area contributed by atoms with Crippen LogP contribution in [0.15, 0.2) is 30.5 Å². The molecule has 168 valence electrons. The second-order valence-corrected chi connectivity index (χ2v) is 9.01. The van der Waals surface area contributed by atoms with Gasteiger partial charge in [0, 0.05) is 25.7 Å². The zero-order chi connectivity index (χ0) is 22.8. The molecule has 2 heterocycles. The number of carbonyl (C=O) groups is 1. The maximum Gasteiger partial charge on any atom is 0.420 e. The van der Waals surface area contributed by atoms with Crippen LogP contribution in [0.5, 0.6) is 0 Å². The monoisotopic (exact) mass is 455 g/mol. The molecule has 0 radical (unpaired) electrons. The number of piperidine rings is 1. The molecule has 1 aromatic heterocycles. The van der Waals surface area contributed by atoms with Gasteiger partial charge >= 0.3 is 12.3 Å². The summed E-state index contributed by atoms with van der Waals surface area (Å²) in [7, 11) is 0. The molecule has 0 unspecified atom stereocenters. The highest BCUT2D eigenvalue weighted by Gasteiger charge is 2.34. The maximum atomic E-state index is 12.8. The van der Waals surface area contributed by atoms with Crippen LogP contribution in [0.4, 0.5) is 18.0 Å². The molecule has 0 bridgehead atoms. The van der Waals surface area contributed by atoms with Crippen LogP contribution in [0.1, 0.15) is 62.0 Å². The molecule has 1 fully saturated rings. The van der Waals surface area contributed by atoms with Crippen molar-refractivity contribution in [3.63, 3.8) is 0 Å². The van der Waals surface area contributed by atoms with Crippen molar-refractivity contribution < 1.29 is 22.7 Å². The number of ether oxygens (including phenoxy) is 1. The Kier molecular flexibility index (Phi) is 6.79. The Morgan fingerprint density at radius 2 is 1.77 bits per heavy atom. The highest BCUT2D eigenvalue weighted by Crippen LogP contribution is 2.33. The average Bonchev–Trinajstić information content (AvgIpc) is 2.66. The first-order chi connectivity index (χ1) is 14.4. The molecule has 0 N–H and O–H groups in total. The van der Waals surface area contributed by atoms with Crippen LogP contribution in [0.3, 0.4) is 0 Å². The smallest absolute Gasteiger partial charge is 0.420 e. The molecular weight excluding hydrogens is 431 g/mol. The fourth-order valence-corrected chi connectivity index (χ4v) is 3.74. The van der Waals surface area contributed by atoms with Crippen molar-refractivity contribution in [2.24, 2.45) is 0 Å². The van der Waals surface area contributed by atoms with E-state index in [0.29, 0.717) is 19.0 Å². The Morgan fingerprint density at radius 3 is 2.29 bits per heavy atom. The van der Waals surface area contributed by atoms with E-state index >= 15 is 0 Å². The number of aromatic nitrogens is 2. The summed E-state index contributed by atoms with van der Waals surface area (Å²) < 4.78 is 43.8. The largest absolute Gasteiger partial charge is 0.444 e. The zero-order valence-electron chi connectivity index (χ0n) is 17.7. The van der Waals surface area contributed by atoms with Gasteiger partial charge < -0.3 is 9.64 Å². The molecule has 1 saturated heterocycles. The number of rotatable bonds is 3. The molecule has 0 aliphatic carbocycles. The van der Waals surface area contributed by atoms with Crippen molar-refractivity contribution >= 4 is 17.7 Å². The molecule has 1 aliphatic heterocycles. The third-order valence-electron chi connectivity index (χ3n) is 5.06. The van der Waals surface area contributed by atoms with Crippen LogP contribution in [0.2, 0.25) is 5.15 Å². The molecule has 0 spiro atoms. The van der Waals surface area contributed by atoms with Crippen molar-refractivity contribution in [3.05, 3.63) is 58.1 Å². The SMILES string of the molecule is CC(C)(C)OC(=O)N1CCC(c2ccc(Cc3ncc(C(F)(F)F)c(Cl)n3)cc2)CC1. The Bertz CT molecular complexity index is 919. The van der Waals surface area contributed by atoms with Crippen molar-refractivity contribution in [1.29, 1.82) is 0 Å². The highest BCUT2D eigenvalue weighted by atomic mass is 35.5. The van der Waals surface area contributed by atoms with Gasteiger partial charge in [0.1, 0.15) is 22.1 Å². The lowest BCUT2D eigenvalue weighted by Gasteiger charge is -2.33. The topological polar surface area (TPSA) is 55.3 Å². The molecule has 0 saturated carbocycles. The maximum absolute atomic E-state index is 12.8. The van der Waals surface area contributed by atoms with Crippen molar-refractivity contribution in [2.45, 2.75) is 57.7 Å². The van der Waals surface area contributed by atoms with Gasteiger partial charge in [0.25, 0.3) is 0 Å². The van der Waals surface area contributed by atoms with E-state index in [1.807, 2.05) is 45.0 Å². The van der Waals surface area contributed by atoms with Gasteiger partial charge in [0.15, 0.2) is 0 Å². The van der Waals surface area contributed by atoms with E-state index < -0.39 is 22.5 Å². The van der Waals surface area contributed by atoms with E-state index in [9.17, 15) is 18.0 Å². The van der Waals surface area contributed by atoms with Gasteiger partial charge in [-0.05, 0) is 50.7 Å². The number of benzene rings is 1. The molecule has 1 aliphatic rings. The number of carbonyl (C=O) groups excluding carboxylic acids is 1. The van der Waals surface area contributed by atoms with Crippen LogP contribution in [0.25, 0.3) is 0 Å². The Morgan fingerprint density at radius 1 is 1.16 bits per heavy atom. The number of hydrogen-bond donors (Lipinski definition) is 0. The van der Waals surface area contributed by atoms with E-state index in [-0.39, 0.29) is 18.3 Å². The predicted octanol–water partition coefficient (Wildman–Crippen LogP) is 5.85. The van der Waals surface area contributed by atoms with E-state index in [1.165, 1.54) is 5.56 Å². The summed E-state index contributed by atoms with van der Waals surface area (Å²) in [6.07, 6.45) is -2.16. The minimum atomic E-state index is -4.57. The quantitative estimate of drug-likeness (QED) is 0.544. The van der Waals surface area contributed by atoms with Gasteiger partial charge in [-0.15, -0.1) is 0 Å². The number of alkyl halides is 3. The summed E-state index contributed by atoms with van der Waals surface area (Å²) in [4.78, 5) is 21.5. The standard InChI is InChI=1S/C22H25ClF3N3O2/c1-21(2,3)31-20(30)29-10-8-16(9-11-29)15-6-4-14(5-7-15)12-18-27-13-17(19(23)28-18)22(24,25)26/h4-7,13,16H,8-12H2,1-3H3. The van der Waals surface area contributed by atoms with E-state index in [1.54, 1.807) is 4.90 Å². The summed E-state index contributed by atoms with van der Waals surface area (Å²) in [6.45, 7) is 6.83. The average molecular weight is 456 g/mol. The molecule has 9 heteroatoms. The van der Waals surface area contributed by atoms with Gasteiger partial charge in [-0.25, -0.2) is 14.8 Å². The minimum Gasteiger partial charge on any atom is -0.444 e. The molecule has 2 aromatic rings. The normalized spacial score (nSPS) is 15.8. The van der Waals surface area contributed by atoms with Gasteiger partial charge in [-0.1, -0.05) is 35.9 Å². The first-order valence-electron chi connectivity index (χ1n) is 10.1. The second kappa shape index (κ2) is 9.02. The second-order valence-electron chi connectivity index (χ2n) is 8.65. The number of halogens is 4. The molecule has 1 aromatic carbocycles. The predicted molar refractivity (Wildman–Crippen MR) is 111 cm³/mol. The Balaban J connectivity index is 1.58.